The summed E-state index contributed by atoms with van der Waals surface area (Å²) in [6.45, 7) is 0. The molecule has 0 atom stereocenters. The Labute approximate surface area is 118 Å². The van der Waals surface area contributed by atoms with Gasteiger partial charge in [0.1, 0.15) is 5.82 Å². The number of urea groups is 1. The highest BCUT2D eigenvalue weighted by molar-refractivity contribution is 14.1. The zero-order chi connectivity index (χ0) is 13.0. The molecule has 2 rings (SSSR count). The summed E-state index contributed by atoms with van der Waals surface area (Å²) in [4.78, 5) is 11.6. The number of benzene rings is 2. The fraction of sp³-hybridized carbons (Fsp3) is 0. The molecule has 3 nitrogen and oxygen atoms in total. The maximum absolute atomic E-state index is 13.5. The molecule has 0 fully saturated rings. The molecule has 0 aliphatic rings. The van der Waals surface area contributed by atoms with Crippen LogP contribution in [-0.4, -0.2) is 6.03 Å². The lowest BCUT2D eigenvalue weighted by Gasteiger charge is -2.08. The van der Waals surface area contributed by atoms with Gasteiger partial charge in [0.25, 0.3) is 0 Å². The van der Waals surface area contributed by atoms with E-state index in [9.17, 15) is 9.18 Å². The molecule has 0 bridgehead atoms. The first kappa shape index (κ1) is 12.8. The van der Waals surface area contributed by atoms with Gasteiger partial charge in [-0.25, -0.2) is 9.18 Å². The van der Waals surface area contributed by atoms with Gasteiger partial charge in [0.05, 0.1) is 5.69 Å². The Morgan fingerprint density at radius 3 is 2.44 bits per heavy atom. The summed E-state index contributed by atoms with van der Waals surface area (Å²) in [5.41, 5.74) is 0.810. The topological polar surface area (TPSA) is 41.1 Å². The minimum absolute atomic E-state index is 0.156. The van der Waals surface area contributed by atoms with E-state index in [-0.39, 0.29) is 5.69 Å². The molecule has 0 radical (unpaired) electrons. The van der Waals surface area contributed by atoms with Gasteiger partial charge in [-0.15, -0.1) is 0 Å². The van der Waals surface area contributed by atoms with Crippen LogP contribution >= 0.6 is 22.6 Å². The van der Waals surface area contributed by atoms with Crippen LogP contribution in [0.2, 0.25) is 0 Å². The molecule has 2 N–H and O–H groups in total. The summed E-state index contributed by atoms with van der Waals surface area (Å²) in [7, 11) is 0. The molecule has 0 heterocycles. The highest BCUT2D eigenvalue weighted by Gasteiger charge is 2.07. The highest BCUT2D eigenvalue weighted by atomic mass is 127. The van der Waals surface area contributed by atoms with Gasteiger partial charge in [0.15, 0.2) is 0 Å². The standard InChI is InChI=1S/C13H10FIN2O/c14-11-8-9(15)6-7-12(11)17-13(18)16-10-4-2-1-3-5-10/h1-8H,(H2,16,17,18). The maximum Gasteiger partial charge on any atom is 0.323 e. The average Bonchev–Trinajstić information content (AvgIpc) is 2.34. The van der Waals surface area contributed by atoms with E-state index in [0.29, 0.717) is 5.69 Å². The summed E-state index contributed by atoms with van der Waals surface area (Å²) in [6.07, 6.45) is 0. The second-order valence-electron chi connectivity index (χ2n) is 3.57. The summed E-state index contributed by atoms with van der Waals surface area (Å²) in [5, 5.41) is 5.07. The molecular formula is C13H10FIN2O. The van der Waals surface area contributed by atoms with E-state index in [0.717, 1.165) is 3.57 Å². The number of hydrogen-bond donors (Lipinski definition) is 2. The Balaban J connectivity index is 2.03. The number of rotatable bonds is 2. The lowest BCUT2D eigenvalue weighted by molar-refractivity contribution is 0.262. The monoisotopic (exact) mass is 356 g/mol. The summed E-state index contributed by atoms with van der Waals surface area (Å²) >= 11 is 2.01. The van der Waals surface area contributed by atoms with Gasteiger partial charge in [-0.1, -0.05) is 18.2 Å². The van der Waals surface area contributed by atoms with Gasteiger partial charge in [-0.3, -0.25) is 0 Å². The van der Waals surface area contributed by atoms with Crippen LogP contribution in [0.25, 0.3) is 0 Å². The van der Waals surface area contributed by atoms with Crippen LogP contribution in [0.3, 0.4) is 0 Å². The molecule has 0 spiro atoms. The molecule has 2 aromatic carbocycles. The van der Waals surface area contributed by atoms with Crippen LogP contribution in [-0.2, 0) is 0 Å². The van der Waals surface area contributed by atoms with Crippen LogP contribution in [0, 0.1) is 9.39 Å². The van der Waals surface area contributed by atoms with Crippen LogP contribution in [0.4, 0.5) is 20.6 Å². The largest absolute Gasteiger partial charge is 0.323 e. The predicted molar refractivity (Wildman–Crippen MR) is 78.2 cm³/mol. The molecular weight excluding hydrogens is 346 g/mol. The number of carbonyl (C=O) groups excluding carboxylic acids is 1. The van der Waals surface area contributed by atoms with Crippen molar-refractivity contribution in [2.75, 3.05) is 10.6 Å². The van der Waals surface area contributed by atoms with E-state index >= 15 is 0 Å². The summed E-state index contributed by atoms with van der Waals surface area (Å²) in [6, 6.07) is 13.1. The number of hydrogen-bond acceptors (Lipinski definition) is 1. The van der Waals surface area contributed by atoms with Crippen LogP contribution in [0.5, 0.6) is 0 Å². The molecule has 2 amide bonds. The highest BCUT2D eigenvalue weighted by Crippen LogP contribution is 2.17. The average molecular weight is 356 g/mol. The summed E-state index contributed by atoms with van der Waals surface area (Å²) in [5.74, 6) is -0.454. The number of nitrogens with one attached hydrogen (secondary N) is 2. The Bertz CT molecular complexity index is 560. The third-order valence-electron chi connectivity index (χ3n) is 2.21. The van der Waals surface area contributed by atoms with Crippen LogP contribution < -0.4 is 10.6 Å². The first-order valence-corrected chi connectivity index (χ1v) is 6.31. The van der Waals surface area contributed by atoms with Gasteiger partial charge in [0.2, 0.25) is 0 Å². The SMILES string of the molecule is O=C(Nc1ccccc1)Nc1ccc(I)cc1F. The van der Waals surface area contributed by atoms with Crippen molar-refractivity contribution in [3.8, 4) is 0 Å². The van der Waals surface area contributed by atoms with Crippen molar-refractivity contribution in [3.63, 3.8) is 0 Å². The second-order valence-corrected chi connectivity index (χ2v) is 4.81. The van der Waals surface area contributed by atoms with Crippen molar-refractivity contribution in [2.45, 2.75) is 0 Å². The third kappa shape index (κ3) is 3.43. The number of amides is 2. The number of anilines is 2. The lowest BCUT2D eigenvalue weighted by Crippen LogP contribution is -2.20. The molecule has 0 saturated heterocycles. The summed E-state index contributed by atoms with van der Waals surface area (Å²) < 4.78 is 14.3. The number of halogens is 2. The number of carbonyl (C=O) groups is 1. The zero-order valence-electron chi connectivity index (χ0n) is 9.28. The fourth-order valence-electron chi connectivity index (χ4n) is 1.40. The predicted octanol–water partition coefficient (Wildman–Crippen LogP) is 4.07. The second kappa shape index (κ2) is 5.81. The molecule has 0 saturated carbocycles. The maximum atomic E-state index is 13.5. The molecule has 0 aliphatic heterocycles. The van der Waals surface area contributed by atoms with Gasteiger partial charge in [-0.2, -0.15) is 0 Å². The molecule has 0 aliphatic carbocycles. The quantitative estimate of drug-likeness (QED) is 0.783. The van der Waals surface area contributed by atoms with Crippen molar-refractivity contribution < 1.29 is 9.18 Å². The van der Waals surface area contributed by atoms with Gasteiger partial charge in [0, 0.05) is 9.26 Å². The van der Waals surface area contributed by atoms with E-state index in [1.165, 1.54) is 12.1 Å². The number of para-hydroxylation sites is 1. The molecule has 0 unspecified atom stereocenters. The minimum Gasteiger partial charge on any atom is -0.308 e. The Morgan fingerprint density at radius 1 is 1.06 bits per heavy atom. The minimum atomic E-state index is -0.471. The normalized spacial score (nSPS) is 9.89. The van der Waals surface area contributed by atoms with Crippen molar-refractivity contribution >= 4 is 40.0 Å². The van der Waals surface area contributed by atoms with E-state index in [2.05, 4.69) is 10.6 Å². The fourth-order valence-corrected chi connectivity index (χ4v) is 1.85. The van der Waals surface area contributed by atoms with E-state index in [1.807, 2.05) is 28.7 Å². The smallest absolute Gasteiger partial charge is 0.308 e. The molecule has 2 aromatic rings. The third-order valence-corrected chi connectivity index (χ3v) is 2.88. The van der Waals surface area contributed by atoms with E-state index < -0.39 is 11.8 Å². The van der Waals surface area contributed by atoms with Crippen molar-refractivity contribution in [1.82, 2.24) is 0 Å². The van der Waals surface area contributed by atoms with E-state index in [1.54, 1.807) is 30.3 Å². The van der Waals surface area contributed by atoms with Crippen molar-refractivity contribution in [2.24, 2.45) is 0 Å². The van der Waals surface area contributed by atoms with Gasteiger partial charge < -0.3 is 10.6 Å². The molecule has 5 heteroatoms. The van der Waals surface area contributed by atoms with Crippen LogP contribution in [0.15, 0.2) is 48.5 Å². The first-order valence-electron chi connectivity index (χ1n) is 5.23. The van der Waals surface area contributed by atoms with Gasteiger partial charge in [-0.05, 0) is 52.9 Å². The lowest BCUT2D eigenvalue weighted by atomic mass is 10.3. The zero-order valence-corrected chi connectivity index (χ0v) is 11.4. The molecule has 18 heavy (non-hydrogen) atoms. The van der Waals surface area contributed by atoms with Gasteiger partial charge >= 0.3 is 6.03 Å². The Hall–Kier alpha value is -1.63. The first-order chi connectivity index (χ1) is 8.65. The van der Waals surface area contributed by atoms with E-state index in [4.69, 9.17) is 0 Å². The van der Waals surface area contributed by atoms with Crippen LogP contribution in [0.1, 0.15) is 0 Å². The molecule has 92 valence electrons. The van der Waals surface area contributed by atoms with Crippen molar-refractivity contribution in [1.29, 1.82) is 0 Å². The van der Waals surface area contributed by atoms with Crippen molar-refractivity contribution in [3.05, 3.63) is 57.9 Å². The Kier molecular flexibility index (Phi) is 4.14. The molecule has 0 aromatic heterocycles. The Morgan fingerprint density at radius 2 is 1.78 bits per heavy atom.